The molecule has 0 atom stereocenters. The van der Waals surface area contributed by atoms with Crippen molar-refractivity contribution >= 4 is 17.7 Å². The molecule has 6 heteroatoms. The number of anilines is 1. The van der Waals surface area contributed by atoms with Gasteiger partial charge in [-0.2, -0.15) is 0 Å². The molecule has 1 aliphatic heterocycles. The third-order valence-corrected chi connectivity index (χ3v) is 3.30. The van der Waals surface area contributed by atoms with Crippen LogP contribution in [0.1, 0.15) is 6.42 Å². The second-order valence-electron chi connectivity index (χ2n) is 4.69. The van der Waals surface area contributed by atoms with Gasteiger partial charge in [-0.05, 0) is 12.1 Å². The summed E-state index contributed by atoms with van der Waals surface area (Å²) < 4.78 is 0. The first kappa shape index (κ1) is 14.2. The molecule has 0 radical (unpaired) electrons. The molecule has 1 fully saturated rings. The predicted molar refractivity (Wildman–Crippen MR) is 75.9 cm³/mol. The second-order valence-corrected chi connectivity index (χ2v) is 4.69. The van der Waals surface area contributed by atoms with Crippen molar-refractivity contribution in [2.75, 3.05) is 37.6 Å². The third-order valence-electron chi connectivity index (χ3n) is 3.30. The van der Waals surface area contributed by atoms with Crippen LogP contribution >= 0.6 is 0 Å². The van der Waals surface area contributed by atoms with Gasteiger partial charge in [0.15, 0.2) is 0 Å². The molecule has 1 heterocycles. The Labute approximate surface area is 118 Å². The molecule has 2 N–H and O–H groups in total. The second kappa shape index (κ2) is 6.79. The van der Waals surface area contributed by atoms with Crippen molar-refractivity contribution in [3.05, 3.63) is 30.3 Å². The fourth-order valence-corrected chi connectivity index (χ4v) is 2.19. The van der Waals surface area contributed by atoms with Gasteiger partial charge in [-0.15, -0.1) is 0 Å². The molecule has 6 nitrogen and oxygen atoms in total. The molecule has 2 rings (SSSR count). The van der Waals surface area contributed by atoms with Gasteiger partial charge in [0.2, 0.25) is 0 Å². The molecule has 1 saturated heterocycles. The van der Waals surface area contributed by atoms with E-state index in [1.807, 2.05) is 18.2 Å². The Morgan fingerprint density at radius 3 is 2.35 bits per heavy atom. The lowest BCUT2D eigenvalue weighted by Crippen LogP contribution is -2.52. The number of nitrogens with one attached hydrogen (secondary N) is 1. The minimum atomic E-state index is -0.904. The Balaban J connectivity index is 1.76. The molecule has 0 saturated carbocycles. The molecule has 0 aliphatic carbocycles. The average Bonchev–Trinajstić information content (AvgIpc) is 2.48. The highest BCUT2D eigenvalue weighted by molar-refractivity contribution is 5.75. The molecule has 0 bridgehead atoms. The van der Waals surface area contributed by atoms with E-state index in [0.29, 0.717) is 13.1 Å². The standard InChI is InChI=1S/C14H19N3O3/c18-13(19)6-7-15-14(20)17-10-8-16(9-11-17)12-4-2-1-3-5-12/h1-5H,6-11H2,(H,15,20)(H,18,19). The number of rotatable bonds is 4. The number of benzene rings is 1. The van der Waals surface area contributed by atoms with E-state index in [1.165, 1.54) is 5.69 Å². The lowest BCUT2D eigenvalue weighted by atomic mass is 10.2. The average molecular weight is 277 g/mol. The lowest BCUT2D eigenvalue weighted by molar-refractivity contribution is -0.136. The van der Waals surface area contributed by atoms with E-state index in [-0.39, 0.29) is 19.0 Å². The maximum atomic E-state index is 11.8. The molecular weight excluding hydrogens is 258 g/mol. The highest BCUT2D eigenvalue weighted by atomic mass is 16.4. The molecule has 1 aromatic rings. The predicted octanol–water partition coefficient (Wildman–Crippen LogP) is 0.993. The smallest absolute Gasteiger partial charge is 0.317 e. The van der Waals surface area contributed by atoms with Gasteiger partial charge in [-0.25, -0.2) is 4.79 Å². The van der Waals surface area contributed by atoms with E-state index in [2.05, 4.69) is 22.3 Å². The Morgan fingerprint density at radius 2 is 1.75 bits per heavy atom. The Bertz CT molecular complexity index is 456. The molecule has 0 aromatic heterocycles. The van der Waals surface area contributed by atoms with Crippen LogP contribution in [0, 0.1) is 0 Å². The number of nitrogens with zero attached hydrogens (tertiary/aromatic N) is 2. The number of aliphatic carboxylic acids is 1. The summed E-state index contributed by atoms with van der Waals surface area (Å²) in [5.74, 6) is -0.904. The summed E-state index contributed by atoms with van der Waals surface area (Å²) in [5, 5.41) is 11.2. The van der Waals surface area contributed by atoms with Gasteiger partial charge >= 0.3 is 12.0 Å². The van der Waals surface area contributed by atoms with Crippen molar-refractivity contribution in [1.82, 2.24) is 10.2 Å². The van der Waals surface area contributed by atoms with E-state index >= 15 is 0 Å². The van der Waals surface area contributed by atoms with Gasteiger partial charge in [-0.1, -0.05) is 18.2 Å². The van der Waals surface area contributed by atoms with Crippen molar-refractivity contribution in [2.24, 2.45) is 0 Å². The van der Waals surface area contributed by atoms with E-state index < -0.39 is 5.97 Å². The van der Waals surface area contributed by atoms with Gasteiger partial charge in [0.25, 0.3) is 0 Å². The molecule has 20 heavy (non-hydrogen) atoms. The van der Waals surface area contributed by atoms with Crippen molar-refractivity contribution in [2.45, 2.75) is 6.42 Å². The van der Waals surface area contributed by atoms with Crippen LogP contribution in [0.3, 0.4) is 0 Å². The highest BCUT2D eigenvalue weighted by Crippen LogP contribution is 2.15. The number of hydrogen-bond donors (Lipinski definition) is 2. The van der Waals surface area contributed by atoms with Gasteiger partial charge in [-0.3, -0.25) is 4.79 Å². The number of carboxylic acids is 1. The van der Waals surface area contributed by atoms with Crippen LogP contribution in [0.4, 0.5) is 10.5 Å². The quantitative estimate of drug-likeness (QED) is 0.861. The van der Waals surface area contributed by atoms with Crippen molar-refractivity contribution < 1.29 is 14.7 Å². The van der Waals surface area contributed by atoms with Crippen LogP contribution in [0.5, 0.6) is 0 Å². The fraction of sp³-hybridized carbons (Fsp3) is 0.429. The number of carbonyl (C=O) groups is 2. The SMILES string of the molecule is O=C(O)CCNC(=O)N1CCN(c2ccccc2)CC1. The summed E-state index contributed by atoms with van der Waals surface area (Å²) in [6, 6.07) is 9.92. The first-order chi connectivity index (χ1) is 9.66. The highest BCUT2D eigenvalue weighted by Gasteiger charge is 2.20. The Morgan fingerprint density at radius 1 is 1.10 bits per heavy atom. The topological polar surface area (TPSA) is 72.9 Å². The molecule has 0 unspecified atom stereocenters. The largest absolute Gasteiger partial charge is 0.481 e. The molecule has 0 spiro atoms. The zero-order valence-electron chi connectivity index (χ0n) is 11.3. The summed E-state index contributed by atoms with van der Waals surface area (Å²) >= 11 is 0. The minimum Gasteiger partial charge on any atom is -0.481 e. The number of carbonyl (C=O) groups excluding carboxylic acids is 1. The van der Waals surface area contributed by atoms with E-state index in [9.17, 15) is 9.59 Å². The van der Waals surface area contributed by atoms with Gasteiger partial charge in [0.1, 0.15) is 0 Å². The number of para-hydroxylation sites is 1. The number of piperazine rings is 1. The van der Waals surface area contributed by atoms with Gasteiger partial charge < -0.3 is 20.2 Å². The first-order valence-electron chi connectivity index (χ1n) is 6.71. The zero-order valence-corrected chi connectivity index (χ0v) is 11.3. The van der Waals surface area contributed by atoms with Crippen molar-refractivity contribution in [1.29, 1.82) is 0 Å². The summed E-state index contributed by atoms with van der Waals surface area (Å²) in [6.07, 6.45) is -0.0459. The van der Waals surface area contributed by atoms with E-state index in [4.69, 9.17) is 5.11 Å². The number of carboxylic acid groups (broad SMARTS) is 1. The van der Waals surface area contributed by atoms with E-state index in [1.54, 1.807) is 4.90 Å². The maximum Gasteiger partial charge on any atom is 0.317 e. The van der Waals surface area contributed by atoms with Gasteiger partial charge in [0.05, 0.1) is 6.42 Å². The summed E-state index contributed by atoms with van der Waals surface area (Å²) in [6.45, 7) is 3.04. The fourth-order valence-electron chi connectivity index (χ4n) is 2.19. The van der Waals surface area contributed by atoms with Crippen LogP contribution in [-0.4, -0.2) is 54.7 Å². The monoisotopic (exact) mass is 277 g/mol. The molecule has 108 valence electrons. The Hall–Kier alpha value is -2.24. The van der Waals surface area contributed by atoms with Crippen LogP contribution in [0.2, 0.25) is 0 Å². The summed E-state index contributed by atoms with van der Waals surface area (Å²) in [4.78, 5) is 26.2. The minimum absolute atomic E-state index is 0.0459. The maximum absolute atomic E-state index is 11.8. The summed E-state index contributed by atoms with van der Waals surface area (Å²) in [7, 11) is 0. The summed E-state index contributed by atoms with van der Waals surface area (Å²) in [5.41, 5.74) is 1.17. The van der Waals surface area contributed by atoms with Crippen LogP contribution in [0.25, 0.3) is 0 Å². The van der Waals surface area contributed by atoms with Crippen LogP contribution < -0.4 is 10.2 Å². The van der Waals surface area contributed by atoms with E-state index in [0.717, 1.165) is 13.1 Å². The zero-order chi connectivity index (χ0) is 14.4. The van der Waals surface area contributed by atoms with Crippen molar-refractivity contribution in [3.8, 4) is 0 Å². The molecule has 2 amide bonds. The van der Waals surface area contributed by atoms with Crippen molar-refractivity contribution in [3.63, 3.8) is 0 Å². The lowest BCUT2D eigenvalue weighted by Gasteiger charge is -2.36. The third kappa shape index (κ3) is 3.88. The number of urea groups is 1. The van der Waals surface area contributed by atoms with Crippen LogP contribution in [-0.2, 0) is 4.79 Å². The first-order valence-corrected chi connectivity index (χ1v) is 6.71. The molecular formula is C14H19N3O3. The van der Waals surface area contributed by atoms with Crippen LogP contribution in [0.15, 0.2) is 30.3 Å². The molecule has 1 aromatic carbocycles. The van der Waals surface area contributed by atoms with Gasteiger partial charge in [0, 0.05) is 38.4 Å². The number of hydrogen-bond acceptors (Lipinski definition) is 3. The molecule has 1 aliphatic rings. The normalized spacial score (nSPS) is 15.0. The number of amides is 2. The Kier molecular flexibility index (Phi) is 4.81.